The molecule has 1 atom stereocenters. The highest BCUT2D eigenvalue weighted by Crippen LogP contribution is 2.34. The first-order chi connectivity index (χ1) is 21.4. The first kappa shape index (κ1) is 32.2. The molecular weight excluding hydrogens is 599 g/mol. The summed E-state index contributed by atoms with van der Waals surface area (Å²) in [5, 5.41) is 2.08. The Hall–Kier alpha value is -4.18. The number of pyridine rings is 1. The van der Waals surface area contributed by atoms with Gasteiger partial charge in [0.05, 0.1) is 40.9 Å². The number of aryl methyl sites for hydroxylation is 1. The van der Waals surface area contributed by atoms with Crippen LogP contribution >= 0.6 is 11.3 Å². The largest absolute Gasteiger partial charge is 0.497 e. The molecule has 236 valence electrons. The fraction of sp³-hybridized carbons (Fsp3) is 0.343. The van der Waals surface area contributed by atoms with Crippen LogP contribution in [0.2, 0.25) is 0 Å². The number of allylic oxidation sites excluding steroid dienone is 1. The number of alkyl halides is 3. The van der Waals surface area contributed by atoms with Gasteiger partial charge in [0.25, 0.3) is 11.5 Å². The van der Waals surface area contributed by atoms with Gasteiger partial charge in [-0.3, -0.25) is 14.2 Å². The Bertz CT molecular complexity index is 1800. The van der Waals surface area contributed by atoms with Gasteiger partial charge >= 0.3 is 6.18 Å². The maximum absolute atomic E-state index is 14.6. The summed E-state index contributed by atoms with van der Waals surface area (Å²) in [5.41, 5.74) is 3.35. The number of methoxy groups -OCH3 is 1. The third kappa shape index (κ3) is 6.76. The zero-order valence-corrected chi connectivity index (χ0v) is 26.8. The Balaban J connectivity index is 1.76. The highest BCUT2D eigenvalue weighted by Gasteiger charge is 2.31. The van der Waals surface area contributed by atoms with Gasteiger partial charge in [-0.25, -0.2) is 4.98 Å². The van der Waals surface area contributed by atoms with Gasteiger partial charge in [0, 0.05) is 30.1 Å². The van der Waals surface area contributed by atoms with Gasteiger partial charge in [-0.1, -0.05) is 37.6 Å². The lowest BCUT2D eigenvalue weighted by Gasteiger charge is -2.32. The summed E-state index contributed by atoms with van der Waals surface area (Å²) >= 11 is 1.21. The average molecular weight is 636 g/mol. The summed E-state index contributed by atoms with van der Waals surface area (Å²) in [6.07, 6.45) is -0.00972. The normalized spacial score (nSPS) is 15.2. The lowest BCUT2D eigenvalue weighted by Crippen LogP contribution is -2.40. The van der Waals surface area contributed by atoms with E-state index in [-0.39, 0.29) is 17.0 Å². The van der Waals surface area contributed by atoms with Crippen molar-refractivity contribution in [3.63, 3.8) is 0 Å². The Labute approximate surface area is 264 Å². The van der Waals surface area contributed by atoms with Crippen molar-refractivity contribution in [1.29, 1.82) is 0 Å². The van der Waals surface area contributed by atoms with Crippen molar-refractivity contribution in [2.45, 2.75) is 53.1 Å². The molecule has 1 saturated heterocycles. The second-order valence-corrected chi connectivity index (χ2v) is 12.5. The third-order valence-corrected chi connectivity index (χ3v) is 8.87. The van der Waals surface area contributed by atoms with Gasteiger partial charge in [-0.2, -0.15) is 13.2 Å². The minimum absolute atomic E-state index is 0.162. The smallest absolute Gasteiger partial charge is 0.416 e. The van der Waals surface area contributed by atoms with Gasteiger partial charge < -0.3 is 9.64 Å². The number of benzene rings is 2. The molecule has 1 amide bonds. The first-order valence-electron chi connectivity index (χ1n) is 15.0. The summed E-state index contributed by atoms with van der Waals surface area (Å²) in [6, 6.07) is 12.0. The number of hydrogen-bond donors (Lipinski definition) is 0. The van der Waals surface area contributed by atoms with Crippen LogP contribution in [0.5, 0.6) is 5.75 Å². The molecule has 0 unspecified atom stereocenters. The molecule has 0 aliphatic carbocycles. The number of carbonyl (C=O) groups is 1. The molecule has 0 radical (unpaired) electrons. The topological polar surface area (TPSA) is 64.4 Å². The van der Waals surface area contributed by atoms with Crippen LogP contribution in [-0.4, -0.2) is 40.6 Å². The third-order valence-electron chi connectivity index (χ3n) is 8.00. The van der Waals surface area contributed by atoms with Crippen molar-refractivity contribution in [1.82, 2.24) is 14.5 Å². The van der Waals surface area contributed by atoms with Gasteiger partial charge in [0.2, 0.25) is 0 Å². The molecule has 2 aromatic carbocycles. The molecule has 45 heavy (non-hydrogen) atoms. The molecule has 4 aromatic rings. The summed E-state index contributed by atoms with van der Waals surface area (Å²) in [7, 11) is 1.56. The standard InChI is InChI=1S/C35H36F3N3O3S/c1-6-23-11-14-26(44-5)17-30(23)41-31(16-21(2)3)27(33(42)40-15-7-8-22(4)19-40)18-28(34(41)43)32-39-29(20-45-32)24-9-12-25(13-10-24)35(36,37)38/h9-14,16-18,20,22H,6-8,15,19H2,1-5H3/t22-/m1/s1. The number of halogens is 3. The lowest BCUT2D eigenvalue weighted by atomic mass is 9.98. The molecular formula is C35H36F3N3O3S. The molecule has 1 aliphatic heterocycles. The first-order valence-corrected chi connectivity index (χ1v) is 15.8. The van der Waals surface area contributed by atoms with E-state index in [2.05, 4.69) is 11.9 Å². The van der Waals surface area contributed by atoms with Crippen LogP contribution < -0.4 is 10.3 Å². The number of amides is 1. The van der Waals surface area contributed by atoms with E-state index in [1.807, 2.05) is 43.9 Å². The van der Waals surface area contributed by atoms with Crippen LogP contribution in [0.15, 0.2) is 64.3 Å². The average Bonchev–Trinajstić information content (AvgIpc) is 3.50. The molecule has 3 heterocycles. The predicted octanol–water partition coefficient (Wildman–Crippen LogP) is 8.51. The molecule has 0 bridgehead atoms. The Morgan fingerprint density at radius 1 is 1.13 bits per heavy atom. The Morgan fingerprint density at radius 3 is 2.49 bits per heavy atom. The molecule has 0 N–H and O–H groups in total. The van der Waals surface area contributed by atoms with Crippen molar-refractivity contribution >= 4 is 23.3 Å². The highest BCUT2D eigenvalue weighted by molar-refractivity contribution is 7.13. The lowest BCUT2D eigenvalue weighted by molar-refractivity contribution is -0.137. The number of piperidine rings is 1. The van der Waals surface area contributed by atoms with Crippen molar-refractivity contribution in [2.75, 3.05) is 20.2 Å². The van der Waals surface area contributed by atoms with E-state index in [1.54, 1.807) is 29.2 Å². The number of rotatable bonds is 7. The van der Waals surface area contributed by atoms with Crippen molar-refractivity contribution in [2.24, 2.45) is 5.92 Å². The van der Waals surface area contributed by atoms with Gasteiger partial charge in [0.15, 0.2) is 0 Å². The minimum atomic E-state index is -4.45. The fourth-order valence-corrected chi connectivity index (χ4v) is 6.53. The highest BCUT2D eigenvalue weighted by atomic mass is 32.1. The number of aromatic nitrogens is 2. The number of nitrogens with zero attached hydrogens (tertiary/aromatic N) is 3. The zero-order valence-electron chi connectivity index (χ0n) is 26.0. The summed E-state index contributed by atoms with van der Waals surface area (Å²) in [4.78, 5) is 35.4. The Kier molecular flexibility index (Phi) is 9.34. The van der Waals surface area contributed by atoms with Crippen molar-refractivity contribution < 1.29 is 22.7 Å². The molecule has 5 rings (SSSR count). The molecule has 6 nitrogen and oxygen atoms in total. The summed E-state index contributed by atoms with van der Waals surface area (Å²) in [6.45, 7) is 9.22. The SMILES string of the molecule is CCc1ccc(OC)cc1-n1c(C=C(C)C)c(C(=O)N2CCC[C@@H](C)C2)cc(-c2nc(-c3ccc(C(F)(F)F)cc3)cs2)c1=O. The van der Waals surface area contributed by atoms with E-state index in [0.29, 0.717) is 64.4 Å². The number of hydrogen-bond acceptors (Lipinski definition) is 5. The fourth-order valence-electron chi connectivity index (χ4n) is 5.69. The monoisotopic (exact) mass is 635 g/mol. The number of thiazole rings is 1. The molecule has 0 saturated carbocycles. The van der Waals surface area contributed by atoms with E-state index in [0.717, 1.165) is 36.1 Å². The van der Waals surface area contributed by atoms with E-state index in [4.69, 9.17) is 4.74 Å². The second-order valence-electron chi connectivity index (χ2n) is 11.7. The maximum Gasteiger partial charge on any atom is 0.416 e. The summed E-state index contributed by atoms with van der Waals surface area (Å²) in [5.74, 6) is 0.763. The van der Waals surface area contributed by atoms with Crippen LogP contribution in [0.25, 0.3) is 33.6 Å². The molecule has 0 spiro atoms. The predicted molar refractivity (Wildman–Crippen MR) is 173 cm³/mol. The van der Waals surface area contributed by atoms with Gasteiger partial charge in [0.1, 0.15) is 10.8 Å². The van der Waals surface area contributed by atoms with Crippen LogP contribution in [0.4, 0.5) is 13.2 Å². The van der Waals surface area contributed by atoms with E-state index in [1.165, 1.54) is 23.5 Å². The summed E-state index contributed by atoms with van der Waals surface area (Å²) < 4.78 is 46.6. The van der Waals surface area contributed by atoms with E-state index in [9.17, 15) is 22.8 Å². The van der Waals surface area contributed by atoms with Gasteiger partial charge in [-0.15, -0.1) is 11.3 Å². The maximum atomic E-state index is 14.6. The van der Waals surface area contributed by atoms with Crippen LogP contribution in [0.1, 0.15) is 67.7 Å². The van der Waals surface area contributed by atoms with Crippen LogP contribution in [-0.2, 0) is 12.6 Å². The quantitative estimate of drug-likeness (QED) is 0.204. The molecule has 10 heteroatoms. The second kappa shape index (κ2) is 13.0. The number of likely N-dealkylation sites (tertiary alicyclic amines) is 1. The van der Waals surface area contributed by atoms with Crippen molar-refractivity contribution in [3.05, 3.63) is 92.2 Å². The van der Waals surface area contributed by atoms with Crippen LogP contribution in [0, 0.1) is 5.92 Å². The van der Waals surface area contributed by atoms with Crippen molar-refractivity contribution in [3.8, 4) is 33.3 Å². The Morgan fingerprint density at radius 2 is 1.87 bits per heavy atom. The molecule has 1 aliphatic rings. The minimum Gasteiger partial charge on any atom is -0.497 e. The number of carbonyl (C=O) groups excluding carboxylic acids is 1. The molecule has 1 fully saturated rings. The number of ether oxygens (including phenoxy) is 1. The van der Waals surface area contributed by atoms with E-state index < -0.39 is 11.7 Å². The van der Waals surface area contributed by atoms with E-state index >= 15 is 0 Å². The van der Waals surface area contributed by atoms with Gasteiger partial charge in [-0.05, 0) is 74.9 Å². The van der Waals surface area contributed by atoms with Crippen LogP contribution in [0.3, 0.4) is 0 Å². The molecule has 2 aromatic heterocycles. The zero-order chi connectivity index (χ0) is 32.5.